The summed E-state index contributed by atoms with van der Waals surface area (Å²) in [7, 11) is 0. The van der Waals surface area contributed by atoms with Gasteiger partial charge in [0.15, 0.2) is 5.16 Å². The van der Waals surface area contributed by atoms with Crippen LogP contribution < -0.4 is 5.32 Å². The van der Waals surface area contributed by atoms with Crippen LogP contribution in [0.1, 0.15) is 12.0 Å². The smallest absolute Gasteiger partial charge is 0.325 e. The van der Waals surface area contributed by atoms with E-state index < -0.39 is 18.0 Å². The first-order valence-electron chi connectivity index (χ1n) is 6.92. The van der Waals surface area contributed by atoms with Crippen LogP contribution in [-0.2, 0) is 17.8 Å². The molecule has 0 radical (unpaired) electrons. The number of nitrogens with one attached hydrogen (secondary N) is 1. The van der Waals surface area contributed by atoms with E-state index in [-0.39, 0.29) is 11.1 Å². The van der Waals surface area contributed by atoms with Crippen molar-refractivity contribution in [3.63, 3.8) is 0 Å². The van der Waals surface area contributed by atoms with Crippen LogP contribution in [0.25, 0.3) is 0 Å². The van der Waals surface area contributed by atoms with E-state index in [1.807, 2.05) is 24.3 Å². The summed E-state index contributed by atoms with van der Waals surface area (Å²) < 4.78 is 38.5. The lowest BCUT2D eigenvalue weighted by Gasteiger charge is -2.14. The van der Waals surface area contributed by atoms with Gasteiger partial charge in [0.05, 0.1) is 5.25 Å². The molecule has 2 heterocycles. The number of hydrogen-bond donors (Lipinski definition) is 1. The van der Waals surface area contributed by atoms with Crippen LogP contribution in [0.2, 0.25) is 0 Å². The van der Waals surface area contributed by atoms with Crippen molar-refractivity contribution in [1.29, 1.82) is 0 Å². The van der Waals surface area contributed by atoms with Gasteiger partial charge in [-0.2, -0.15) is 13.2 Å². The summed E-state index contributed by atoms with van der Waals surface area (Å²) in [4.78, 5) is 12.3. The maximum absolute atomic E-state index is 12.5. The fourth-order valence-electron chi connectivity index (χ4n) is 2.37. The fourth-order valence-corrected chi connectivity index (χ4v) is 3.37. The van der Waals surface area contributed by atoms with Gasteiger partial charge in [-0.1, -0.05) is 30.0 Å². The maximum Gasteiger partial charge on any atom is 0.406 e. The zero-order chi connectivity index (χ0) is 16.4. The fraction of sp³-hybridized carbons (Fsp3) is 0.357. The second-order valence-corrected chi connectivity index (χ2v) is 6.32. The summed E-state index contributed by atoms with van der Waals surface area (Å²) in [5.41, 5.74) is 1.76. The molecule has 0 unspecified atom stereocenters. The quantitative estimate of drug-likeness (QED) is 0.932. The molecule has 23 heavy (non-hydrogen) atoms. The van der Waals surface area contributed by atoms with Crippen LogP contribution in [0.15, 0.2) is 35.7 Å². The average Bonchev–Trinajstić information content (AvgIpc) is 2.82. The largest absolute Gasteiger partial charge is 0.406 e. The zero-order valence-electron chi connectivity index (χ0n) is 11.9. The third kappa shape index (κ3) is 3.84. The Morgan fingerprint density at radius 1 is 1.35 bits per heavy atom. The molecule has 0 aliphatic carbocycles. The van der Waals surface area contributed by atoms with Crippen LogP contribution in [0, 0.1) is 0 Å². The maximum atomic E-state index is 12.5. The van der Waals surface area contributed by atoms with E-state index in [2.05, 4.69) is 15.5 Å². The van der Waals surface area contributed by atoms with E-state index in [4.69, 9.17) is 0 Å². The first-order valence-corrected chi connectivity index (χ1v) is 7.80. The molecule has 1 aromatic heterocycles. The number of hydrogen-bond acceptors (Lipinski definition) is 4. The number of aryl methyl sites for hydroxylation is 1. The van der Waals surface area contributed by atoms with Crippen LogP contribution in [-0.4, -0.2) is 32.1 Å². The highest BCUT2D eigenvalue weighted by Crippen LogP contribution is 2.31. The number of halogens is 3. The minimum atomic E-state index is -4.36. The molecule has 0 spiro atoms. The summed E-state index contributed by atoms with van der Waals surface area (Å²) in [6, 6.07) is 7.45. The number of amides is 1. The van der Waals surface area contributed by atoms with Crippen LogP contribution >= 0.6 is 11.8 Å². The van der Waals surface area contributed by atoms with Crippen molar-refractivity contribution in [3.8, 4) is 0 Å². The average molecular weight is 342 g/mol. The van der Waals surface area contributed by atoms with Crippen molar-refractivity contribution in [2.24, 2.45) is 0 Å². The second-order valence-electron chi connectivity index (χ2n) is 5.15. The van der Waals surface area contributed by atoms with E-state index in [0.29, 0.717) is 12.8 Å². The number of benzene rings is 1. The normalized spacial score (nSPS) is 18.2. The molecule has 0 fully saturated rings. The van der Waals surface area contributed by atoms with Gasteiger partial charge in [0.2, 0.25) is 5.91 Å². The molecule has 1 amide bonds. The number of fused-ring (bicyclic) bond motifs is 1. The lowest BCUT2D eigenvalue weighted by molar-refractivity contribution is -0.142. The number of nitrogens with zero attached hydrogens (tertiary/aromatic N) is 3. The third-order valence-electron chi connectivity index (χ3n) is 3.42. The zero-order valence-corrected chi connectivity index (χ0v) is 12.7. The number of thioether (sulfide) groups is 1. The van der Waals surface area contributed by atoms with Gasteiger partial charge < -0.3 is 5.32 Å². The molecule has 2 aromatic rings. The van der Waals surface area contributed by atoms with E-state index in [1.54, 1.807) is 0 Å². The minimum Gasteiger partial charge on any atom is -0.325 e. The van der Waals surface area contributed by atoms with Gasteiger partial charge in [-0.3, -0.25) is 9.36 Å². The molecular weight excluding hydrogens is 329 g/mol. The highest BCUT2D eigenvalue weighted by atomic mass is 32.2. The van der Waals surface area contributed by atoms with Gasteiger partial charge in [0, 0.05) is 5.69 Å². The number of rotatable bonds is 3. The number of carbonyl (C=O) groups excluding carboxylic acids is 1. The number of alkyl halides is 3. The molecule has 1 aliphatic heterocycles. The molecule has 0 bridgehead atoms. The van der Waals surface area contributed by atoms with Crippen molar-refractivity contribution in [2.45, 2.75) is 36.0 Å². The Hall–Kier alpha value is -2.03. The van der Waals surface area contributed by atoms with Gasteiger partial charge in [-0.05, 0) is 24.5 Å². The molecule has 3 rings (SSSR count). The predicted octanol–water partition coefficient (Wildman–Crippen LogP) is 2.89. The number of para-hydroxylation sites is 1. The Morgan fingerprint density at radius 3 is 2.91 bits per heavy atom. The monoisotopic (exact) mass is 342 g/mol. The van der Waals surface area contributed by atoms with Gasteiger partial charge in [0.1, 0.15) is 12.9 Å². The van der Waals surface area contributed by atoms with Gasteiger partial charge in [0.25, 0.3) is 0 Å². The highest BCUT2D eigenvalue weighted by molar-refractivity contribution is 8.00. The summed E-state index contributed by atoms with van der Waals surface area (Å²) in [6.45, 7) is -1.17. The lowest BCUT2D eigenvalue weighted by Crippen LogP contribution is -2.25. The predicted molar refractivity (Wildman–Crippen MR) is 79.1 cm³/mol. The summed E-state index contributed by atoms with van der Waals surface area (Å²) >= 11 is 1.01. The summed E-state index contributed by atoms with van der Waals surface area (Å²) in [5.74, 6) is -0.235. The topological polar surface area (TPSA) is 59.8 Å². The Balaban J connectivity index is 1.75. The number of carbonyl (C=O) groups is 1. The molecule has 0 saturated heterocycles. The Morgan fingerprint density at radius 2 is 2.13 bits per heavy atom. The van der Waals surface area contributed by atoms with Crippen molar-refractivity contribution in [3.05, 3.63) is 36.2 Å². The van der Waals surface area contributed by atoms with Gasteiger partial charge >= 0.3 is 6.18 Å². The molecular formula is C14H13F3N4OS. The van der Waals surface area contributed by atoms with Crippen LogP contribution in [0.3, 0.4) is 0 Å². The van der Waals surface area contributed by atoms with Gasteiger partial charge in [-0.15, -0.1) is 10.2 Å². The molecule has 0 saturated carbocycles. The molecule has 1 aliphatic rings. The first kappa shape index (κ1) is 15.9. The Kier molecular flexibility index (Phi) is 4.29. The molecule has 1 N–H and O–H groups in total. The summed E-state index contributed by atoms with van der Waals surface area (Å²) in [5, 5.41) is 9.61. The van der Waals surface area contributed by atoms with Crippen LogP contribution in [0.5, 0.6) is 0 Å². The molecule has 1 aromatic carbocycles. The lowest BCUT2D eigenvalue weighted by atomic mass is 10.1. The molecule has 9 heteroatoms. The van der Waals surface area contributed by atoms with Gasteiger partial charge in [-0.25, -0.2) is 0 Å². The van der Waals surface area contributed by atoms with E-state index in [1.165, 1.54) is 0 Å². The molecule has 122 valence electrons. The minimum absolute atomic E-state index is 0.0911. The van der Waals surface area contributed by atoms with E-state index >= 15 is 0 Å². The van der Waals surface area contributed by atoms with Crippen molar-refractivity contribution in [1.82, 2.24) is 14.8 Å². The van der Waals surface area contributed by atoms with Crippen molar-refractivity contribution < 1.29 is 18.0 Å². The SMILES string of the molecule is O=C1Nc2ccccc2CC[C@H]1Sc1nncn1CC(F)(F)F. The first-order chi connectivity index (χ1) is 10.9. The number of aromatic nitrogens is 3. The Bertz CT molecular complexity index is 716. The van der Waals surface area contributed by atoms with E-state index in [9.17, 15) is 18.0 Å². The molecule has 5 nitrogen and oxygen atoms in total. The summed E-state index contributed by atoms with van der Waals surface area (Å²) in [6.07, 6.45) is -2.15. The second kappa shape index (κ2) is 6.23. The number of anilines is 1. The van der Waals surface area contributed by atoms with Crippen molar-refractivity contribution >= 4 is 23.4 Å². The molecule has 1 atom stereocenters. The standard InChI is InChI=1S/C14H13F3N4OS/c15-14(16,17)7-21-8-18-20-13(21)23-11-6-5-9-3-1-2-4-10(9)19-12(11)22/h1-4,8,11H,5-7H2,(H,19,22)/t11-/m1/s1. The van der Waals surface area contributed by atoms with Crippen molar-refractivity contribution in [2.75, 3.05) is 5.32 Å². The Labute approximate surface area is 134 Å². The van der Waals surface area contributed by atoms with E-state index in [0.717, 1.165) is 33.9 Å². The van der Waals surface area contributed by atoms with Crippen LogP contribution in [0.4, 0.5) is 18.9 Å². The third-order valence-corrected chi connectivity index (χ3v) is 4.68. The highest BCUT2D eigenvalue weighted by Gasteiger charge is 2.31.